The fraction of sp³-hybridized carbons (Fsp3) is 0.500. The monoisotopic (exact) mass is 295 g/mol. The van der Waals surface area contributed by atoms with E-state index >= 15 is 0 Å². The van der Waals surface area contributed by atoms with Crippen molar-refractivity contribution in [2.75, 3.05) is 18.4 Å². The highest BCUT2D eigenvalue weighted by molar-refractivity contribution is 5.92. The maximum Gasteiger partial charge on any atom is 0.490 e. The molecule has 3 N–H and O–H groups in total. The van der Waals surface area contributed by atoms with E-state index in [0.29, 0.717) is 11.6 Å². The molecule has 0 saturated carbocycles. The largest absolute Gasteiger partial charge is 0.490 e. The summed E-state index contributed by atoms with van der Waals surface area (Å²) in [6.45, 7) is 3.29. The second kappa shape index (κ2) is 6.37. The topological polar surface area (TPSA) is 104 Å². The Morgan fingerprint density at radius 1 is 1.50 bits per heavy atom. The lowest BCUT2D eigenvalue weighted by molar-refractivity contribution is -0.192. The molecule has 0 spiro atoms. The Morgan fingerprint density at radius 2 is 2.05 bits per heavy atom. The van der Waals surface area contributed by atoms with Gasteiger partial charge in [0.2, 0.25) is 5.91 Å². The van der Waals surface area contributed by atoms with Crippen LogP contribution in [0.5, 0.6) is 0 Å². The zero-order chi connectivity index (χ0) is 15.3. The lowest BCUT2D eigenvalue weighted by Crippen LogP contribution is -2.48. The molecular formula is C10H12F3N3O4. The number of carbonyl (C=O) groups is 2. The van der Waals surface area contributed by atoms with Crippen molar-refractivity contribution in [2.45, 2.75) is 13.1 Å². The van der Waals surface area contributed by atoms with Crippen LogP contribution >= 0.6 is 0 Å². The highest BCUT2D eigenvalue weighted by Gasteiger charge is 2.38. The Hall–Kier alpha value is -2.10. The van der Waals surface area contributed by atoms with Gasteiger partial charge in [0.15, 0.2) is 5.82 Å². The lowest BCUT2D eigenvalue weighted by atomic mass is 10.0. The minimum atomic E-state index is -5.08. The number of carboxylic acid groups (broad SMARTS) is 1. The van der Waals surface area contributed by atoms with Crippen LogP contribution in [0.25, 0.3) is 0 Å². The average molecular weight is 295 g/mol. The summed E-state index contributed by atoms with van der Waals surface area (Å²) in [4.78, 5) is 20.3. The van der Waals surface area contributed by atoms with Crippen molar-refractivity contribution in [1.82, 2.24) is 10.5 Å². The van der Waals surface area contributed by atoms with E-state index in [1.165, 1.54) is 0 Å². The molecule has 2 heterocycles. The summed E-state index contributed by atoms with van der Waals surface area (Å²) in [6.07, 6.45) is -5.08. The summed E-state index contributed by atoms with van der Waals surface area (Å²) in [5.74, 6) is -1.48. The molecule has 1 fully saturated rings. The first kappa shape index (κ1) is 16.0. The van der Waals surface area contributed by atoms with E-state index < -0.39 is 12.1 Å². The van der Waals surface area contributed by atoms with Gasteiger partial charge in [0, 0.05) is 19.2 Å². The van der Waals surface area contributed by atoms with E-state index in [0.717, 1.165) is 13.1 Å². The van der Waals surface area contributed by atoms with Crippen LogP contribution in [0.2, 0.25) is 0 Å². The number of nitrogens with one attached hydrogen (secondary N) is 2. The molecule has 0 atom stereocenters. The fourth-order valence-electron chi connectivity index (χ4n) is 1.13. The molecular weight excluding hydrogens is 283 g/mol. The van der Waals surface area contributed by atoms with E-state index in [-0.39, 0.29) is 11.8 Å². The van der Waals surface area contributed by atoms with Gasteiger partial charge in [-0.25, -0.2) is 4.79 Å². The summed E-state index contributed by atoms with van der Waals surface area (Å²) in [6, 6.07) is 1.70. The summed E-state index contributed by atoms with van der Waals surface area (Å²) in [5, 5.41) is 16.5. The molecule has 7 nitrogen and oxygen atoms in total. The number of rotatable bonds is 2. The molecule has 0 radical (unpaired) electrons. The van der Waals surface area contributed by atoms with E-state index in [1.807, 2.05) is 0 Å². The molecule has 1 amide bonds. The Morgan fingerprint density at radius 3 is 2.35 bits per heavy atom. The van der Waals surface area contributed by atoms with Crippen molar-refractivity contribution >= 4 is 17.7 Å². The zero-order valence-electron chi connectivity index (χ0n) is 10.3. The van der Waals surface area contributed by atoms with Crippen molar-refractivity contribution in [1.29, 1.82) is 0 Å². The van der Waals surface area contributed by atoms with Crippen LogP contribution in [0.1, 0.15) is 5.76 Å². The van der Waals surface area contributed by atoms with Crippen molar-refractivity contribution < 1.29 is 32.4 Å². The quantitative estimate of drug-likeness (QED) is 0.744. The van der Waals surface area contributed by atoms with Gasteiger partial charge in [-0.05, 0) is 6.92 Å². The first-order valence-corrected chi connectivity index (χ1v) is 5.45. The fourth-order valence-corrected chi connectivity index (χ4v) is 1.13. The summed E-state index contributed by atoms with van der Waals surface area (Å²) in [7, 11) is 0. The molecule has 0 aromatic carbocycles. The van der Waals surface area contributed by atoms with Gasteiger partial charge >= 0.3 is 12.1 Å². The molecule has 0 aliphatic carbocycles. The average Bonchev–Trinajstić information content (AvgIpc) is 2.60. The number of hydrogen-bond acceptors (Lipinski definition) is 5. The number of alkyl halides is 3. The van der Waals surface area contributed by atoms with Gasteiger partial charge in [0.1, 0.15) is 5.76 Å². The van der Waals surface area contributed by atoms with Crippen LogP contribution in [-0.2, 0) is 9.59 Å². The van der Waals surface area contributed by atoms with Gasteiger partial charge < -0.3 is 20.3 Å². The number of aryl methyl sites for hydroxylation is 1. The van der Waals surface area contributed by atoms with Crippen molar-refractivity contribution in [2.24, 2.45) is 5.92 Å². The smallest absolute Gasteiger partial charge is 0.475 e. The molecule has 1 aliphatic rings. The molecule has 1 aromatic heterocycles. The molecule has 20 heavy (non-hydrogen) atoms. The first-order chi connectivity index (χ1) is 9.20. The number of anilines is 1. The molecule has 10 heteroatoms. The van der Waals surface area contributed by atoms with Crippen molar-refractivity contribution in [3.63, 3.8) is 0 Å². The molecule has 1 aliphatic heterocycles. The lowest BCUT2D eigenvalue weighted by Gasteiger charge is -2.25. The van der Waals surface area contributed by atoms with Crippen LogP contribution in [0.3, 0.4) is 0 Å². The normalized spacial score (nSPS) is 14.8. The van der Waals surface area contributed by atoms with Crippen LogP contribution in [-0.4, -0.2) is 41.4 Å². The van der Waals surface area contributed by atoms with Crippen LogP contribution < -0.4 is 10.6 Å². The van der Waals surface area contributed by atoms with Gasteiger partial charge in [-0.3, -0.25) is 4.79 Å². The zero-order valence-corrected chi connectivity index (χ0v) is 10.3. The Kier molecular flexibility index (Phi) is 5.08. The van der Waals surface area contributed by atoms with Crippen molar-refractivity contribution in [3.05, 3.63) is 11.8 Å². The van der Waals surface area contributed by atoms with Crippen LogP contribution in [0, 0.1) is 12.8 Å². The van der Waals surface area contributed by atoms with Gasteiger partial charge in [-0.15, -0.1) is 0 Å². The number of aliphatic carboxylic acids is 1. The predicted molar refractivity (Wildman–Crippen MR) is 59.9 cm³/mol. The Bertz CT molecular complexity index is 482. The minimum absolute atomic E-state index is 0.00653. The minimum Gasteiger partial charge on any atom is -0.475 e. The van der Waals surface area contributed by atoms with E-state index in [2.05, 4.69) is 15.8 Å². The summed E-state index contributed by atoms with van der Waals surface area (Å²) < 4.78 is 36.6. The molecule has 1 aromatic rings. The Balaban J connectivity index is 0.000000246. The molecule has 112 valence electrons. The van der Waals surface area contributed by atoms with E-state index in [4.69, 9.17) is 14.4 Å². The van der Waals surface area contributed by atoms with Crippen LogP contribution in [0.15, 0.2) is 10.6 Å². The third-order valence-corrected chi connectivity index (χ3v) is 2.27. The number of aromatic nitrogens is 1. The number of nitrogens with zero attached hydrogens (tertiary/aromatic N) is 1. The van der Waals surface area contributed by atoms with Gasteiger partial charge in [0.25, 0.3) is 0 Å². The standard InChI is InChI=1S/C8H11N3O2.C2HF3O2/c1-5-2-7(11-13-5)10-8(12)6-3-9-4-6;3-2(4,5)1(6)7/h2,6,9H,3-4H2,1H3,(H,10,11,12);(H,6,7). The Labute approximate surface area is 111 Å². The third kappa shape index (κ3) is 4.88. The maximum atomic E-state index is 11.4. The van der Waals surface area contributed by atoms with Gasteiger partial charge in [-0.2, -0.15) is 13.2 Å². The predicted octanol–water partition coefficient (Wildman–Crippen LogP) is 0.774. The van der Waals surface area contributed by atoms with E-state index in [9.17, 15) is 18.0 Å². The highest BCUT2D eigenvalue weighted by Crippen LogP contribution is 2.13. The van der Waals surface area contributed by atoms with Gasteiger partial charge in [-0.1, -0.05) is 5.16 Å². The summed E-state index contributed by atoms with van der Waals surface area (Å²) >= 11 is 0. The second-order valence-corrected chi connectivity index (χ2v) is 3.97. The molecule has 2 rings (SSSR count). The molecule has 1 saturated heterocycles. The SMILES string of the molecule is Cc1cc(NC(=O)C2CNC2)no1.O=C(O)C(F)(F)F. The van der Waals surface area contributed by atoms with E-state index in [1.54, 1.807) is 13.0 Å². The van der Waals surface area contributed by atoms with Crippen LogP contribution in [0.4, 0.5) is 19.0 Å². The second-order valence-electron chi connectivity index (χ2n) is 3.97. The summed E-state index contributed by atoms with van der Waals surface area (Å²) in [5.41, 5.74) is 0. The molecule has 0 bridgehead atoms. The van der Waals surface area contributed by atoms with Crippen molar-refractivity contribution in [3.8, 4) is 0 Å². The number of amides is 1. The number of halogens is 3. The number of carboxylic acids is 1. The highest BCUT2D eigenvalue weighted by atomic mass is 19.4. The third-order valence-electron chi connectivity index (χ3n) is 2.27. The number of carbonyl (C=O) groups excluding carboxylic acids is 1. The molecule has 0 unspecified atom stereocenters. The number of hydrogen-bond donors (Lipinski definition) is 3. The first-order valence-electron chi connectivity index (χ1n) is 5.45. The maximum absolute atomic E-state index is 11.4. The van der Waals surface area contributed by atoms with Gasteiger partial charge in [0.05, 0.1) is 5.92 Å².